The smallest absolute Gasteiger partial charge is 0.342 e. The molecule has 35 heavy (non-hydrogen) atoms. The fourth-order valence-electron chi connectivity index (χ4n) is 5.18. The molecule has 1 atom stereocenters. The van der Waals surface area contributed by atoms with Crippen molar-refractivity contribution < 1.29 is 22.8 Å². The standard InChI is InChI=1S/C27H26F3N3O2/c28-27(29,30)22-9-7-19(8-10-22)18-1-3-20(4-2-18)23-31-26(12-13-26)25(35)33(23)16-17-11-14-32(15-17)24(34)21-5-6-21/h1-4,7-10,17,21H,5-6,11-16H2/t17-/m1/s1. The lowest BCUT2D eigenvalue weighted by Crippen LogP contribution is -2.40. The van der Waals surface area contributed by atoms with Crippen molar-refractivity contribution in [3.05, 3.63) is 59.7 Å². The zero-order chi connectivity index (χ0) is 24.4. The monoisotopic (exact) mass is 481 g/mol. The largest absolute Gasteiger partial charge is 0.416 e. The van der Waals surface area contributed by atoms with Crippen LogP contribution in [0.4, 0.5) is 13.2 Å². The maximum atomic E-state index is 13.2. The minimum Gasteiger partial charge on any atom is -0.342 e. The van der Waals surface area contributed by atoms with Gasteiger partial charge in [-0.3, -0.25) is 19.5 Å². The molecular formula is C27H26F3N3O2. The molecule has 0 radical (unpaired) electrons. The minimum absolute atomic E-state index is 0.0475. The maximum absolute atomic E-state index is 13.2. The molecule has 0 unspecified atom stereocenters. The number of carbonyl (C=O) groups is 2. The van der Waals surface area contributed by atoms with Crippen LogP contribution in [0.3, 0.4) is 0 Å². The van der Waals surface area contributed by atoms with Crippen molar-refractivity contribution in [3.8, 4) is 11.1 Å². The molecule has 5 nitrogen and oxygen atoms in total. The number of rotatable bonds is 5. The number of carbonyl (C=O) groups excluding carboxylic acids is 2. The molecule has 3 fully saturated rings. The average Bonchev–Trinajstić information content (AvgIpc) is 3.77. The van der Waals surface area contributed by atoms with Gasteiger partial charge in [0, 0.05) is 31.1 Å². The Balaban J connectivity index is 1.19. The second kappa shape index (κ2) is 7.93. The van der Waals surface area contributed by atoms with Crippen LogP contribution in [0.2, 0.25) is 0 Å². The molecule has 1 saturated heterocycles. The molecule has 4 aliphatic rings. The average molecular weight is 482 g/mol. The van der Waals surface area contributed by atoms with Crippen molar-refractivity contribution in [3.63, 3.8) is 0 Å². The third-order valence-electron chi connectivity index (χ3n) is 7.60. The quantitative estimate of drug-likeness (QED) is 0.619. The summed E-state index contributed by atoms with van der Waals surface area (Å²) in [6, 6.07) is 12.6. The van der Waals surface area contributed by atoms with Gasteiger partial charge >= 0.3 is 6.18 Å². The normalized spacial score (nSPS) is 23.2. The van der Waals surface area contributed by atoms with Crippen molar-refractivity contribution in [2.24, 2.45) is 16.8 Å². The lowest BCUT2D eigenvalue weighted by atomic mass is 10.0. The number of amides is 2. The summed E-state index contributed by atoms with van der Waals surface area (Å²) < 4.78 is 38.6. The number of nitrogens with zero attached hydrogens (tertiary/aromatic N) is 3. The molecule has 2 heterocycles. The number of hydrogen-bond donors (Lipinski definition) is 0. The molecule has 2 aromatic rings. The van der Waals surface area contributed by atoms with Crippen LogP contribution in [0.1, 0.15) is 43.2 Å². The van der Waals surface area contributed by atoms with E-state index in [2.05, 4.69) is 0 Å². The van der Waals surface area contributed by atoms with Crippen molar-refractivity contribution in [1.82, 2.24) is 9.80 Å². The molecule has 182 valence electrons. The first-order valence-electron chi connectivity index (χ1n) is 12.2. The lowest BCUT2D eigenvalue weighted by molar-refractivity contribution is -0.137. The fourth-order valence-corrected chi connectivity index (χ4v) is 5.18. The predicted molar refractivity (Wildman–Crippen MR) is 125 cm³/mol. The van der Waals surface area contributed by atoms with Crippen molar-refractivity contribution >= 4 is 17.6 Å². The van der Waals surface area contributed by atoms with E-state index in [-0.39, 0.29) is 23.7 Å². The summed E-state index contributed by atoms with van der Waals surface area (Å²) >= 11 is 0. The third-order valence-corrected chi connectivity index (χ3v) is 7.60. The van der Waals surface area contributed by atoms with E-state index in [1.807, 2.05) is 29.2 Å². The van der Waals surface area contributed by atoms with Crippen LogP contribution in [-0.4, -0.2) is 52.6 Å². The molecule has 8 heteroatoms. The van der Waals surface area contributed by atoms with Crippen LogP contribution in [0.15, 0.2) is 53.5 Å². The van der Waals surface area contributed by atoms with E-state index >= 15 is 0 Å². The molecule has 2 aliphatic heterocycles. The molecule has 1 spiro atoms. The van der Waals surface area contributed by atoms with Gasteiger partial charge in [-0.15, -0.1) is 0 Å². The van der Waals surface area contributed by atoms with Crippen LogP contribution in [0.5, 0.6) is 0 Å². The molecule has 2 aromatic carbocycles. The van der Waals surface area contributed by atoms with Crippen LogP contribution >= 0.6 is 0 Å². The van der Waals surface area contributed by atoms with Crippen molar-refractivity contribution in [2.75, 3.05) is 19.6 Å². The summed E-state index contributed by atoms with van der Waals surface area (Å²) in [5.41, 5.74) is 1.01. The van der Waals surface area contributed by atoms with Gasteiger partial charge in [-0.1, -0.05) is 36.4 Å². The number of halogens is 3. The number of amidine groups is 1. The Morgan fingerprint density at radius 2 is 1.54 bits per heavy atom. The van der Waals surface area contributed by atoms with Crippen LogP contribution in [0.25, 0.3) is 11.1 Å². The molecule has 6 rings (SSSR count). The Morgan fingerprint density at radius 3 is 2.11 bits per heavy atom. The molecule has 0 aromatic heterocycles. The highest BCUT2D eigenvalue weighted by molar-refractivity contribution is 6.16. The zero-order valence-corrected chi connectivity index (χ0v) is 19.2. The van der Waals surface area contributed by atoms with Crippen molar-refractivity contribution in [1.29, 1.82) is 0 Å². The van der Waals surface area contributed by atoms with Gasteiger partial charge in [0.2, 0.25) is 5.91 Å². The molecular weight excluding hydrogens is 455 g/mol. The number of likely N-dealkylation sites (tertiary alicyclic amines) is 1. The summed E-state index contributed by atoms with van der Waals surface area (Å²) in [5, 5.41) is 0. The summed E-state index contributed by atoms with van der Waals surface area (Å²) in [6.45, 7) is 1.99. The summed E-state index contributed by atoms with van der Waals surface area (Å²) in [5.74, 6) is 1.40. The summed E-state index contributed by atoms with van der Waals surface area (Å²) in [6.07, 6.45) is 0.0202. The predicted octanol–water partition coefficient (Wildman–Crippen LogP) is 4.75. The Morgan fingerprint density at radius 1 is 0.943 bits per heavy atom. The van der Waals surface area contributed by atoms with Gasteiger partial charge in [0.25, 0.3) is 5.91 Å². The number of hydrogen-bond acceptors (Lipinski definition) is 3. The van der Waals surface area contributed by atoms with Gasteiger partial charge in [0.05, 0.1) is 5.56 Å². The molecule has 0 N–H and O–H groups in total. The second-order valence-electron chi connectivity index (χ2n) is 10.2. The van der Waals surface area contributed by atoms with Gasteiger partial charge in [0.1, 0.15) is 11.4 Å². The molecule has 2 aliphatic carbocycles. The first kappa shape index (κ1) is 22.3. The zero-order valence-electron chi connectivity index (χ0n) is 19.2. The molecule has 2 saturated carbocycles. The number of alkyl halides is 3. The van der Waals surface area contributed by atoms with Gasteiger partial charge in [-0.25, -0.2) is 0 Å². The molecule has 2 amide bonds. The Bertz CT molecular complexity index is 1200. The Kier molecular flexibility index (Phi) is 5.06. The topological polar surface area (TPSA) is 53.0 Å². The van der Waals surface area contributed by atoms with E-state index in [0.717, 1.165) is 61.9 Å². The first-order valence-corrected chi connectivity index (χ1v) is 12.2. The lowest BCUT2D eigenvalue weighted by Gasteiger charge is -2.23. The Hall–Kier alpha value is -3.16. The minimum atomic E-state index is -4.36. The van der Waals surface area contributed by atoms with Gasteiger partial charge in [-0.05, 0) is 61.3 Å². The van der Waals surface area contributed by atoms with Crippen LogP contribution < -0.4 is 0 Å². The van der Waals surface area contributed by atoms with Crippen LogP contribution in [0, 0.1) is 11.8 Å². The highest BCUT2D eigenvalue weighted by atomic mass is 19.4. The van der Waals surface area contributed by atoms with Crippen LogP contribution in [-0.2, 0) is 15.8 Å². The van der Waals surface area contributed by atoms with E-state index in [0.29, 0.717) is 24.5 Å². The maximum Gasteiger partial charge on any atom is 0.416 e. The third kappa shape index (κ3) is 4.13. The van der Waals surface area contributed by atoms with E-state index < -0.39 is 17.3 Å². The van der Waals surface area contributed by atoms with Gasteiger partial charge in [-0.2, -0.15) is 13.2 Å². The van der Waals surface area contributed by atoms with Gasteiger partial charge < -0.3 is 4.90 Å². The number of aliphatic imine (C=N–C) groups is 1. The van der Waals surface area contributed by atoms with E-state index in [9.17, 15) is 22.8 Å². The van der Waals surface area contributed by atoms with E-state index in [1.54, 1.807) is 4.90 Å². The first-order chi connectivity index (χ1) is 16.7. The summed E-state index contributed by atoms with van der Waals surface area (Å²) in [4.78, 5) is 34.2. The van der Waals surface area contributed by atoms with E-state index in [1.165, 1.54) is 12.1 Å². The highest BCUT2D eigenvalue weighted by Gasteiger charge is 2.57. The van der Waals surface area contributed by atoms with Gasteiger partial charge in [0.15, 0.2) is 0 Å². The summed E-state index contributed by atoms with van der Waals surface area (Å²) in [7, 11) is 0. The SMILES string of the molecule is O=C(C1CC1)N1CC[C@@H](CN2C(=O)C3(CC3)N=C2c2ccc(-c3ccc(C(F)(F)F)cc3)cc2)C1. The molecule has 0 bridgehead atoms. The fraction of sp³-hybridized carbons (Fsp3) is 0.444. The highest BCUT2D eigenvalue weighted by Crippen LogP contribution is 2.46. The number of benzene rings is 2. The Labute approximate surface area is 201 Å². The van der Waals surface area contributed by atoms with E-state index in [4.69, 9.17) is 4.99 Å². The van der Waals surface area contributed by atoms with Crippen molar-refractivity contribution in [2.45, 2.75) is 43.8 Å². The second-order valence-corrected chi connectivity index (χ2v) is 10.2.